The van der Waals surface area contributed by atoms with Crippen LogP contribution in [0, 0.1) is 0 Å². The van der Waals surface area contributed by atoms with E-state index < -0.39 is 0 Å². The molecule has 0 aliphatic heterocycles. The molecule has 0 bridgehead atoms. The van der Waals surface area contributed by atoms with E-state index in [2.05, 4.69) is 51.0 Å². The summed E-state index contributed by atoms with van der Waals surface area (Å²) in [6.07, 6.45) is 10.6. The summed E-state index contributed by atoms with van der Waals surface area (Å²) in [6.45, 7) is 1.60. The molecule has 2 aromatic rings. The van der Waals surface area contributed by atoms with Crippen molar-refractivity contribution in [2.75, 3.05) is 13.6 Å². The van der Waals surface area contributed by atoms with Gasteiger partial charge in [0.15, 0.2) is 5.96 Å². The highest BCUT2D eigenvalue weighted by Gasteiger charge is 2.05. The fraction of sp³-hybridized carbons (Fsp3) is 0.400. The minimum atomic E-state index is 0. The van der Waals surface area contributed by atoms with E-state index in [4.69, 9.17) is 0 Å². The third-order valence-corrected chi connectivity index (χ3v) is 4.53. The molecule has 0 saturated carbocycles. The Hall–Kier alpha value is -1.63. The van der Waals surface area contributed by atoms with Crippen LogP contribution in [-0.2, 0) is 6.54 Å². The third kappa shape index (κ3) is 5.70. The van der Waals surface area contributed by atoms with Gasteiger partial charge in [0.2, 0.25) is 0 Å². The summed E-state index contributed by atoms with van der Waals surface area (Å²) >= 11 is 0. The van der Waals surface area contributed by atoms with Gasteiger partial charge in [0.1, 0.15) is 0 Å². The lowest BCUT2D eigenvalue weighted by molar-refractivity contribution is 0.665. The average Bonchev–Trinajstić information content (AvgIpc) is 2.65. The quantitative estimate of drug-likeness (QED) is 0.307. The summed E-state index contributed by atoms with van der Waals surface area (Å²) in [5.74, 6) is 0.834. The van der Waals surface area contributed by atoms with Crippen molar-refractivity contribution in [3.8, 4) is 0 Å². The van der Waals surface area contributed by atoms with Crippen molar-refractivity contribution < 1.29 is 0 Å². The smallest absolute Gasteiger partial charge is 0.191 e. The SMILES string of the molecule is CN=C(NCCC1=CCCCC1)NCc1nccc2ccccc12.I. The minimum Gasteiger partial charge on any atom is -0.356 e. The topological polar surface area (TPSA) is 49.3 Å². The van der Waals surface area contributed by atoms with Crippen molar-refractivity contribution in [3.05, 3.63) is 53.9 Å². The van der Waals surface area contributed by atoms with Crippen LogP contribution in [0.15, 0.2) is 53.2 Å². The number of hydrogen-bond acceptors (Lipinski definition) is 2. The van der Waals surface area contributed by atoms with Gasteiger partial charge in [-0.15, -0.1) is 24.0 Å². The molecule has 1 aromatic heterocycles. The Balaban J connectivity index is 0.00000225. The van der Waals surface area contributed by atoms with Crippen LogP contribution in [0.25, 0.3) is 10.8 Å². The van der Waals surface area contributed by atoms with E-state index in [9.17, 15) is 0 Å². The van der Waals surface area contributed by atoms with E-state index in [1.54, 1.807) is 5.57 Å². The van der Waals surface area contributed by atoms with Gasteiger partial charge in [-0.2, -0.15) is 0 Å². The van der Waals surface area contributed by atoms with Gasteiger partial charge in [-0.25, -0.2) is 0 Å². The maximum atomic E-state index is 4.51. The van der Waals surface area contributed by atoms with Crippen molar-refractivity contribution in [1.82, 2.24) is 15.6 Å². The van der Waals surface area contributed by atoms with Gasteiger partial charge in [-0.1, -0.05) is 35.9 Å². The maximum absolute atomic E-state index is 4.51. The lowest BCUT2D eigenvalue weighted by Crippen LogP contribution is -2.37. The number of allylic oxidation sites excluding steroid dienone is 1. The Kier molecular flexibility index (Phi) is 8.18. The van der Waals surface area contributed by atoms with Crippen LogP contribution < -0.4 is 10.6 Å². The Bertz CT molecular complexity index is 734. The molecule has 0 atom stereocenters. The molecule has 0 amide bonds. The van der Waals surface area contributed by atoms with Gasteiger partial charge in [0.25, 0.3) is 0 Å². The molecule has 1 heterocycles. The Labute approximate surface area is 167 Å². The van der Waals surface area contributed by atoms with E-state index in [1.807, 2.05) is 19.3 Å². The highest BCUT2D eigenvalue weighted by molar-refractivity contribution is 14.0. The molecule has 0 unspecified atom stereocenters. The largest absolute Gasteiger partial charge is 0.356 e. The van der Waals surface area contributed by atoms with Crippen molar-refractivity contribution in [2.45, 2.75) is 38.6 Å². The molecule has 3 rings (SSSR count). The molecule has 134 valence electrons. The van der Waals surface area contributed by atoms with Gasteiger partial charge in [-0.3, -0.25) is 9.98 Å². The number of nitrogens with zero attached hydrogens (tertiary/aromatic N) is 2. The zero-order chi connectivity index (χ0) is 16.6. The Morgan fingerprint density at radius 1 is 1.16 bits per heavy atom. The standard InChI is InChI=1S/C20H26N4.HI/c1-21-20(23-13-11-16-7-3-2-4-8-16)24-15-19-18-10-6-5-9-17(18)12-14-22-19;/h5-7,9-10,12,14H,2-4,8,11,13,15H2,1H3,(H2,21,23,24);1H. The molecule has 1 aromatic carbocycles. The summed E-state index contributed by atoms with van der Waals surface area (Å²) in [4.78, 5) is 8.83. The van der Waals surface area contributed by atoms with Gasteiger partial charge < -0.3 is 10.6 Å². The van der Waals surface area contributed by atoms with Gasteiger partial charge in [0, 0.05) is 25.2 Å². The van der Waals surface area contributed by atoms with Gasteiger partial charge in [0.05, 0.1) is 12.2 Å². The molecule has 0 radical (unpaired) electrons. The number of aromatic nitrogens is 1. The second-order valence-corrected chi connectivity index (χ2v) is 6.19. The van der Waals surface area contributed by atoms with Crippen LogP contribution in [0.3, 0.4) is 0 Å². The van der Waals surface area contributed by atoms with E-state index >= 15 is 0 Å². The Morgan fingerprint density at radius 2 is 2.04 bits per heavy atom. The third-order valence-electron chi connectivity index (χ3n) is 4.53. The molecular weight excluding hydrogens is 423 g/mol. The fourth-order valence-corrected chi connectivity index (χ4v) is 3.18. The number of halogens is 1. The monoisotopic (exact) mass is 450 g/mol. The van der Waals surface area contributed by atoms with E-state index in [1.165, 1.54) is 36.5 Å². The summed E-state index contributed by atoms with van der Waals surface area (Å²) in [6, 6.07) is 10.4. The molecule has 5 heteroatoms. The molecule has 4 nitrogen and oxygen atoms in total. The van der Waals surface area contributed by atoms with Crippen LogP contribution in [-0.4, -0.2) is 24.5 Å². The molecule has 0 saturated heterocycles. The van der Waals surface area contributed by atoms with Crippen molar-refractivity contribution in [2.24, 2.45) is 4.99 Å². The number of aliphatic imine (C=N–C) groups is 1. The number of hydrogen-bond donors (Lipinski definition) is 2. The molecule has 1 aliphatic rings. The van der Waals surface area contributed by atoms with E-state index in [0.717, 1.165) is 24.6 Å². The zero-order valence-electron chi connectivity index (χ0n) is 14.8. The highest BCUT2D eigenvalue weighted by Crippen LogP contribution is 2.19. The van der Waals surface area contributed by atoms with Crippen molar-refractivity contribution in [3.63, 3.8) is 0 Å². The molecule has 0 fully saturated rings. The highest BCUT2D eigenvalue weighted by atomic mass is 127. The second-order valence-electron chi connectivity index (χ2n) is 6.19. The van der Waals surface area contributed by atoms with Crippen LogP contribution in [0.4, 0.5) is 0 Å². The minimum absolute atomic E-state index is 0. The number of rotatable bonds is 5. The summed E-state index contributed by atoms with van der Waals surface area (Å²) in [7, 11) is 1.81. The van der Waals surface area contributed by atoms with Crippen LogP contribution >= 0.6 is 24.0 Å². The second kappa shape index (κ2) is 10.4. The maximum Gasteiger partial charge on any atom is 0.191 e. The molecule has 25 heavy (non-hydrogen) atoms. The number of benzene rings is 1. The lowest BCUT2D eigenvalue weighted by Gasteiger charge is -2.15. The van der Waals surface area contributed by atoms with Crippen LogP contribution in [0.5, 0.6) is 0 Å². The first-order valence-corrected chi connectivity index (χ1v) is 8.82. The van der Waals surface area contributed by atoms with Crippen molar-refractivity contribution >= 4 is 40.7 Å². The number of pyridine rings is 1. The fourth-order valence-electron chi connectivity index (χ4n) is 3.18. The lowest BCUT2D eigenvalue weighted by atomic mass is 9.97. The van der Waals surface area contributed by atoms with E-state index in [0.29, 0.717) is 6.54 Å². The van der Waals surface area contributed by atoms with Crippen LogP contribution in [0.1, 0.15) is 37.8 Å². The first kappa shape index (κ1) is 19.7. The van der Waals surface area contributed by atoms with E-state index in [-0.39, 0.29) is 24.0 Å². The summed E-state index contributed by atoms with van der Waals surface area (Å²) in [5.41, 5.74) is 2.63. The summed E-state index contributed by atoms with van der Waals surface area (Å²) in [5, 5.41) is 9.19. The van der Waals surface area contributed by atoms with Gasteiger partial charge >= 0.3 is 0 Å². The molecule has 0 spiro atoms. The predicted molar refractivity (Wildman–Crippen MR) is 117 cm³/mol. The Morgan fingerprint density at radius 3 is 2.84 bits per heavy atom. The first-order valence-electron chi connectivity index (χ1n) is 8.82. The zero-order valence-corrected chi connectivity index (χ0v) is 17.1. The average molecular weight is 450 g/mol. The summed E-state index contributed by atoms with van der Waals surface area (Å²) < 4.78 is 0. The first-order chi connectivity index (χ1) is 11.9. The number of nitrogens with one attached hydrogen (secondary N) is 2. The predicted octanol–water partition coefficient (Wildman–Crippen LogP) is 4.41. The van der Waals surface area contributed by atoms with Crippen LogP contribution in [0.2, 0.25) is 0 Å². The molecule has 1 aliphatic carbocycles. The normalized spacial score (nSPS) is 14.6. The number of fused-ring (bicyclic) bond motifs is 1. The number of guanidine groups is 1. The van der Waals surface area contributed by atoms with Gasteiger partial charge in [-0.05, 0) is 43.6 Å². The van der Waals surface area contributed by atoms with Crippen molar-refractivity contribution in [1.29, 1.82) is 0 Å². The molecular formula is C20H27IN4. The molecule has 2 N–H and O–H groups in total.